The summed E-state index contributed by atoms with van der Waals surface area (Å²) < 4.78 is 26.5. The summed E-state index contributed by atoms with van der Waals surface area (Å²) in [5.41, 5.74) is 6.53. The van der Waals surface area contributed by atoms with Crippen molar-refractivity contribution >= 4 is 6.03 Å². The number of carbonyl (C=O) groups excluding carboxylic acids is 1. The molecule has 3 N–H and O–H groups in total. The van der Waals surface area contributed by atoms with Crippen LogP contribution in [-0.4, -0.2) is 30.6 Å². The lowest BCUT2D eigenvalue weighted by molar-refractivity contribution is 0.0173. The first kappa shape index (κ1) is 13.7. The lowest BCUT2D eigenvalue weighted by Gasteiger charge is -2.21. The van der Waals surface area contributed by atoms with Crippen LogP contribution in [0.25, 0.3) is 0 Å². The summed E-state index contributed by atoms with van der Waals surface area (Å²) >= 11 is 0. The van der Waals surface area contributed by atoms with Gasteiger partial charge in [-0.25, -0.2) is 13.6 Å². The summed E-state index contributed by atoms with van der Waals surface area (Å²) in [4.78, 5) is 13.0. The summed E-state index contributed by atoms with van der Waals surface area (Å²) in [7, 11) is 0. The second kappa shape index (κ2) is 5.13. The van der Waals surface area contributed by atoms with E-state index in [9.17, 15) is 13.6 Å². The van der Waals surface area contributed by atoms with Gasteiger partial charge in [-0.2, -0.15) is 0 Å². The topological polar surface area (TPSA) is 58.4 Å². The molecule has 1 atom stereocenters. The van der Waals surface area contributed by atoms with Gasteiger partial charge in [-0.15, -0.1) is 0 Å². The number of nitrogens with zero attached hydrogens (tertiary/aromatic N) is 1. The van der Waals surface area contributed by atoms with Crippen LogP contribution in [0.4, 0.5) is 13.6 Å². The number of alkyl halides is 2. The fourth-order valence-electron chi connectivity index (χ4n) is 2.07. The Labute approximate surface area is 110 Å². The fraction of sp³-hybridized carbons (Fsp3) is 0.462. The van der Waals surface area contributed by atoms with E-state index in [0.717, 1.165) is 6.92 Å². The summed E-state index contributed by atoms with van der Waals surface area (Å²) in [6.07, 6.45) is 0. The molecule has 1 aliphatic heterocycles. The third-order valence-electron chi connectivity index (χ3n) is 3.18. The lowest BCUT2D eigenvalue weighted by Crippen LogP contribution is -2.34. The first-order chi connectivity index (χ1) is 8.88. The van der Waals surface area contributed by atoms with Crippen LogP contribution in [0, 0.1) is 0 Å². The van der Waals surface area contributed by atoms with Gasteiger partial charge in [-0.05, 0) is 11.6 Å². The number of nitrogens with one attached hydrogen (secondary N) is 1. The van der Waals surface area contributed by atoms with Crippen LogP contribution in [0.3, 0.4) is 0 Å². The number of hydrogen-bond donors (Lipinski definition) is 2. The summed E-state index contributed by atoms with van der Waals surface area (Å²) in [5.74, 6) is -2.89. The molecular weight excluding hydrogens is 252 g/mol. The Hall–Kier alpha value is -1.69. The van der Waals surface area contributed by atoms with Crippen molar-refractivity contribution < 1.29 is 13.6 Å². The van der Waals surface area contributed by atoms with Crippen LogP contribution >= 0.6 is 0 Å². The van der Waals surface area contributed by atoms with Crippen LogP contribution < -0.4 is 11.1 Å². The average molecular weight is 269 g/mol. The molecule has 0 radical (unpaired) electrons. The minimum absolute atomic E-state index is 0.0636. The predicted molar refractivity (Wildman–Crippen MR) is 67.9 cm³/mol. The van der Waals surface area contributed by atoms with Crippen LogP contribution in [0.2, 0.25) is 0 Å². The maximum absolute atomic E-state index is 13.2. The zero-order valence-corrected chi connectivity index (χ0v) is 10.7. The van der Waals surface area contributed by atoms with Crippen molar-refractivity contribution in [3.8, 4) is 0 Å². The van der Waals surface area contributed by atoms with Crippen LogP contribution in [0.5, 0.6) is 0 Å². The zero-order valence-electron chi connectivity index (χ0n) is 10.7. The number of carbonyl (C=O) groups is 1. The van der Waals surface area contributed by atoms with Gasteiger partial charge in [0.05, 0.1) is 0 Å². The number of hydrogen-bond acceptors (Lipinski definition) is 2. The van der Waals surface area contributed by atoms with E-state index in [0.29, 0.717) is 25.2 Å². The molecule has 1 unspecified atom stereocenters. The van der Waals surface area contributed by atoms with Crippen molar-refractivity contribution in [1.29, 1.82) is 0 Å². The Kier molecular flexibility index (Phi) is 3.71. The van der Waals surface area contributed by atoms with E-state index in [1.54, 1.807) is 17.0 Å². The number of rotatable bonds is 4. The molecule has 0 aromatic heterocycles. The maximum Gasteiger partial charge on any atom is 0.317 e. The van der Waals surface area contributed by atoms with E-state index < -0.39 is 12.0 Å². The molecule has 2 amide bonds. The summed E-state index contributed by atoms with van der Waals surface area (Å²) in [5, 5.41) is 2.67. The standard InChI is InChI=1S/C13H17F2N3O/c1-13(14,15)10-4-2-3-9(7-10)11(16)8-18-6-5-17-12(18)19/h2-4,7,11H,5-6,8,16H2,1H3,(H,17,19). The van der Waals surface area contributed by atoms with E-state index in [4.69, 9.17) is 5.73 Å². The predicted octanol–water partition coefficient (Wildman–Crippen LogP) is 1.82. The highest BCUT2D eigenvalue weighted by atomic mass is 19.3. The second-order valence-corrected chi connectivity index (χ2v) is 4.80. The molecule has 1 aromatic rings. The minimum atomic E-state index is -2.89. The van der Waals surface area contributed by atoms with E-state index in [-0.39, 0.29) is 11.6 Å². The van der Waals surface area contributed by atoms with Crippen molar-refractivity contribution in [3.63, 3.8) is 0 Å². The Morgan fingerprint density at radius 2 is 2.26 bits per heavy atom. The number of benzene rings is 1. The van der Waals surface area contributed by atoms with Crippen molar-refractivity contribution in [2.75, 3.05) is 19.6 Å². The normalized spacial score (nSPS) is 17.5. The van der Waals surface area contributed by atoms with Gasteiger partial charge in [-0.1, -0.05) is 18.2 Å². The molecule has 6 heteroatoms. The molecule has 1 aromatic carbocycles. The minimum Gasteiger partial charge on any atom is -0.336 e. The fourth-order valence-corrected chi connectivity index (χ4v) is 2.07. The van der Waals surface area contributed by atoms with Gasteiger partial charge < -0.3 is 16.0 Å². The molecule has 1 aliphatic rings. The highest BCUT2D eigenvalue weighted by Gasteiger charge is 2.26. The van der Waals surface area contributed by atoms with E-state index in [2.05, 4.69) is 5.32 Å². The first-order valence-corrected chi connectivity index (χ1v) is 6.14. The summed E-state index contributed by atoms with van der Waals surface area (Å²) in [6, 6.07) is 5.41. The number of nitrogens with two attached hydrogens (primary N) is 1. The SMILES string of the molecule is CC(F)(F)c1cccc(C(N)CN2CCNC2=O)c1. The molecule has 0 aliphatic carbocycles. The monoisotopic (exact) mass is 269 g/mol. The Balaban J connectivity index is 2.10. The average Bonchev–Trinajstić information content (AvgIpc) is 2.74. The van der Waals surface area contributed by atoms with Crippen molar-refractivity contribution in [3.05, 3.63) is 35.4 Å². The quantitative estimate of drug-likeness (QED) is 0.876. The van der Waals surface area contributed by atoms with E-state index in [1.807, 2.05) is 0 Å². The molecule has 0 bridgehead atoms. The zero-order chi connectivity index (χ0) is 14.0. The molecule has 104 valence electrons. The van der Waals surface area contributed by atoms with Crippen LogP contribution in [0.1, 0.15) is 24.1 Å². The van der Waals surface area contributed by atoms with Crippen molar-refractivity contribution in [1.82, 2.24) is 10.2 Å². The molecule has 4 nitrogen and oxygen atoms in total. The van der Waals surface area contributed by atoms with E-state index >= 15 is 0 Å². The van der Waals surface area contributed by atoms with Gasteiger partial charge in [0.15, 0.2) is 0 Å². The van der Waals surface area contributed by atoms with Gasteiger partial charge in [0, 0.05) is 38.2 Å². The number of amides is 2. The third kappa shape index (κ3) is 3.20. The molecule has 1 heterocycles. The molecule has 2 rings (SSSR count). The highest BCUT2D eigenvalue weighted by molar-refractivity contribution is 5.76. The van der Waals surface area contributed by atoms with Crippen molar-refractivity contribution in [2.24, 2.45) is 5.73 Å². The Morgan fingerprint density at radius 1 is 1.53 bits per heavy atom. The number of urea groups is 1. The van der Waals surface area contributed by atoms with E-state index in [1.165, 1.54) is 12.1 Å². The van der Waals surface area contributed by atoms with Gasteiger partial charge in [0.2, 0.25) is 0 Å². The molecular formula is C13H17F2N3O. The molecule has 19 heavy (non-hydrogen) atoms. The van der Waals surface area contributed by atoms with Gasteiger partial charge in [0.25, 0.3) is 5.92 Å². The number of halogens is 2. The molecule has 0 saturated carbocycles. The Morgan fingerprint density at radius 3 is 2.84 bits per heavy atom. The lowest BCUT2D eigenvalue weighted by atomic mass is 10.0. The molecule has 0 spiro atoms. The van der Waals surface area contributed by atoms with Gasteiger partial charge in [0.1, 0.15) is 0 Å². The highest BCUT2D eigenvalue weighted by Crippen LogP contribution is 2.28. The van der Waals surface area contributed by atoms with Gasteiger partial charge in [-0.3, -0.25) is 0 Å². The largest absolute Gasteiger partial charge is 0.336 e. The maximum atomic E-state index is 13.2. The first-order valence-electron chi connectivity index (χ1n) is 6.14. The molecule has 1 fully saturated rings. The van der Waals surface area contributed by atoms with Crippen molar-refractivity contribution in [2.45, 2.75) is 18.9 Å². The smallest absolute Gasteiger partial charge is 0.317 e. The Bertz CT molecular complexity index is 473. The van der Waals surface area contributed by atoms with Crippen LogP contribution in [0.15, 0.2) is 24.3 Å². The summed E-state index contributed by atoms with van der Waals surface area (Å²) in [6.45, 7) is 2.37. The van der Waals surface area contributed by atoms with Gasteiger partial charge >= 0.3 is 6.03 Å². The third-order valence-corrected chi connectivity index (χ3v) is 3.18. The molecule has 1 saturated heterocycles. The second-order valence-electron chi connectivity index (χ2n) is 4.80. The van der Waals surface area contributed by atoms with Crippen LogP contribution in [-0.2, 0) is 5.92 Å².